The molecule has 0 aliphatic heterocycles. The van der Waals surface area contributed by atoms with Gasteiger partial charge in [0.25, 0.3) is 0 Å². The summed E-state index contributed by atoms with van der Waals surface area (Å²) in [5.74, 6) is -2.21. The molecule has 0 fully saturated rings. The third-order valence-electron chi connectivity index (χ3n) is 8.41. The van der Waals surface area contributed by atoms with E-state index in [2.05, 4.69) is 17.6 Å². The van der Waals surface area contributed by atoms with Crippen LogP contribution in [0.15, 0.2) is 0 Å². The molecule has 0 aliphatic carbocycles. The minimum atomic E-state index is -1.20. The third kappa shape index (κ3) is 26.2. The highest BCUT2D eigenvalue weighted by Gasteiger charge is 2.23. The molecule has 0 saturated heterocycles. The lowest BCUT2D eigenvalue weighted by Crippen LogP contribution is -2.44. The minimum Gasteiger partial charge on any atom is -0.480 e. The summed E-state index contributed by atoms with van der Waals surface area (Å²) in [6, 6.07) is -1.91. The van der Waals surface area contributed by atoms with Crippen LogP contribution >= 0.6 is 0 Å². The number of aliphatic carboxylic acids is 1. The molecular formula is C36H66N2O6. The van der Waals surface area contributed by atoms with Crippen LogP contribution in [-0.2, 0) is 24.0 Å². The first kappa shape index (κ1) is 41.8. The van der Waals surface area contributed by atoms with Crippen molar-refractivity contribution in [1.82, 2.24) is 10.6 Å². The number of Topliss-reactive ketones (excluding diaryl/α,β-unsaturated/α-hetero) is 2. The number of carboxylic acid groups (broad SMARTS) is 1. The first-order valence-corrected chi connectivity index (χ1v) is 18.0. The number of ketones is 2. The first-order valence-electron chi connectivity index (χ1n) is 18.0. The second-order valence-corrected chi connectivity index (χ2v) is 12.6. The molecule has 0 rings (SSSR count). The molecule has 0 aromatic heterocycles. The maximum absolute atomic E-state index is 12.5. The molecule has 0 aromatic carbocycles. The second kappa shape index (κ2) is 29.5. The van der Waals surface area contributed by atoms with Gasteiger partial charge in [-0.3, -0.25) is 14.4 Å². The Morgan fingerprint density at radius 3 is 1.25 bits per heavy atom. The lowest BCUT2D eigenvalue weighted by Gasteiger charge is -2.18. The van der Waals surface area contributed by atoms with Gasteiger partial charge in [-0.25, -0.2) is 4.79 Å². The van der Waals surface area contributed by atoms with E-state index in [1.807, 2.05) is 0 Å². The van der Waals surface area contributed by atoms with E-state index >= 15 is 0 Å². The van der Waals surface area contributed by atoms with E-state index in [-0.39, 0.29) is 49.6 Å². The molecule has 0 bridgehead atoms. The summed E-state index contributed by atoms with van der Waals surface area (Å²) >= 11 is 0. The fourth-order valence-corrected chi connectivity index (χ4v) is 5.51. The van der Waals surface area contributed by atoms with Gasteiger partial charge in [-0.05, 0) is 26.2 Å². The molecule has 44 heavy (non-hydrogen) atoms. The average molecular weight is 623 g/mol. The van der Waals surface area contributed by atoms with Crippen LogP contribution in [-0.4, -0.2) is 46.5 Å². The topological polar surface area (TPSA) is 130 Å². The molecule has 2 amide bonds. The summed E-state index contributed by atoms with van der Waals surface area (Å²) in [5, 5.41) is 14.5. The quantitative estimate of drug-likeness (QED) is 0.0646. The molecule has 0 spiro atoms. The van der Waals surface area contributed by atoms with Gasteiger partial charge in [-0.2, -0.15) is 0 Å². The molecule has 2 unspecified atom stereocenters. The number of carbonyl (C=O) groups excluding carboxylic acids is 4. The van der Waals surface area contributed by atoms with Crippen LogP contribution < -0.4 is 10.6 Å². The predicted octanol–water partition coefficient (Wildman–Crippen LogP) is 8.38. The zero-order chi connectivity index (χ0) is 32.8. The molecule has 0 aliphatic rings. The van der Waals surface area contributed by atoms with Crippen molar-refractivity contribution in [3.63, 3.8) is 0 Å². The smallest absolute Gasteiger partial charge is 0.326 e. The van der Waals surface area contributed by atoms with Crippen LogP contribution in [0.2, 0.25) is 0 Å². The molecule has 8 heteroatoms. The molecule has 0 aromatic rings. The van der Waals surface area contributed by atoms with E-state index < -0.39 is 24.0 Å². The summed E-state index contributed by atoms with van der Waals surface area (Å²) in [4.78, 5) is 59.6. The standard InChI is InChI=1S/C36H66N2O6/c1-4-6-7-8-9-10-11-12-13-14-15-16-17-18-19-20-21-22-23-24-25-34(41)37-31(33(40)5-2)28-29-35(42)38-32(36(43)44)27-26-30(3)39/h31-32H,4-29H2,1-3H3,(H,37,41)(H,38,42)(H,43,44). The Hall–Kier alpha value is -2.25. The number of hydrogen-bond acceptors (Lipinski definition) is 5. The van der Waals surface area contributed by atoms with Gasteiger partial charge in [-0.15, -0.1) is 0 Å². The van der Waals surface area contributed by atoms with Gasteiger partial charge in [0, 0.05) is 25.7 Å². The summed E-state index contributed by atoms with van der Waals surface area (Å²) in [6.07, 6.45) is 26.7. The van der Waals surface area contributed by atoms with Crippen LogP contribution in [0.25, 0.3) is 0 Å². The highest BCUT2D eigenvalue weighted by molar-refractivity contribution is 5.90. The molecule has 0 saturated carbocycles. The molecule has 0 radical (unpaired) electrons. The fraction of sp³-hybridized carbons (Fsp3) is 0.861. The number of amides is 2. The molecular weight excluding hydrogens is 556 g/mol. The van der Waals surface area contributed by atoms with Gasteiger partial charge in [0.15, 0.2) is 5.78 Å². The van der Waals surface area contributed by atoms with Crippen LogP contribution in [0.3, 0.4) is 0 Å². The third-order valence-corrected chi connectivity index (χ3v) is 8.41. The summed E-state index contributed by atoms with van der Waals surface area (Å²) in [6.45, 7) is 5.35. The zero-order valence-electron chi connectivity index (χ0n) is 28.5. The number of rotatable bonds is 32. The Balaban J connectivity index is 3.86. The van der Waals surface area contributed by atoms with Crippen molar-refractivity contribution in [2.24, 2.45) is 0 Å². The van der Waals surface area contributed by atoms with Crippen LogP contribution in [0.5, 0.6) is 0 Å². The lowest BCUT2D eigenvalue weighted by molar-refractivity contribution is -0.142. The Morgan fingerprint density at radius 2 is 0.864 bits per heavy atom. The fourth-order valence-electron chi connectivity index (χ4n) is 5.51. The van der Waals surface area contributed by atoms with E-state index in [9.17, 15) is 29.1 Å². The molecule has 2 atom stereocenters. The number of hydrogen-bond donors (Lipinski definition) is 3. The molecule has 256 valence electrons. The van der Waals surface area contributed by atoms with Gasteiger partial charge in [0.2, 0.25) is 11.8 Å². The van der Waals surface area contributed by atoms with Crippen molar-refractivity contribution in [3.05, 3.63) is 0 Å². The SMILES string of the molecule is CCCCCCCCCCCCCCCCCCCCCCC(=O)NC(CCC(=O)NC(CCC(C)=O)C(=O)O)C(=O)CC. The maximum Gasteiger partial charge on any atom is 0.326 e. The monoisotopic (exact) mass is 622 g/mol. The highest BCUT2D eigenvalue weighted by atomic mass is 16.4. The van der Waals surface area contributed by atoms with E-state index in [1.54, 1.807) is 6.92 Å². The normalized spacial score (nSPS) is 12.4. The Bertz CT molecular complexity index is 785. The molecule has 3 N–H and O–H groups in total. The van der Waals surface area contributed by atoms with Crippen molar-refractivity contribution in [1.29, 1.82) is 0 Å². The average Bonchev–Trinajstić information content (AvgIpc) is 2.99. The number of unbranched alkanes of at least 4 members (excludes halogenated alkanes) is 19. The number of carbonyl (C=O) groups is 5. The van der Waals surface area contributed by atoms with Gasteiger partial charge in [-0.1, -0.05) is 136 Å². The maximum atomic E-state index is 12.5. The summed E-state index contributed by atoms with van der Waals surface area (Å²) in [7, 11) is 0. The van der Waals surface area contributed by atoms with Gasteiger partial charge < -0.3 is 20.5 Å². The summed E-state index contributed by atoms with van der Waals surface area (Å²) in [5.41, 5.74) is 0. The van der Waals surface area contributed by atoms with E-state index in [1.165, 1.54) is 116 Å². The van der Waals surface area contributed by atoms with Crippen molar-refractivity contribution in [3.8, 4) is 0 Å². The number of nitrogens with one attached hydrogen (secondary N) is 2. The van der Waals surface area contributed by atoms with Crippen LogP contribution in [0, 0.1) is 0 Å². The van der Waals surface area contributed by atoms with Gasteiger partial charge in [0.1, 0.15) is 11.8 Å². The van der Waals surface area contributed by atoms with Crippen molar-refractivity contribution in [2.45, 2.75) is 200 Å². The van der Waals surface area contributed by atoms with E-state index in [0.717, 1.165) is 19.3 Å². The zero-order valence-corrected chi connectivity index (χ0v) is 28.5. The molecule has 0 heterocycles. The Kier molecular flexibility index (Phi) is 28.0. The van der Waals surface area contributed by atoms with Gasteiger partial charge >= 0.3 is 5.97 Å². The predicted molar refractivity (Wildman–Crippen MR) is 179 cm³/mol. The largest absolute Gasteiger partial charge is 0.480 e. The number of carboxylic acids is 1. The van der Waals surface area contributed by atoms with Crippen LogP contribution in [0.4, 0.5) is 0 Å². The van der Waals surface area contributed by atoms with Crippen molar-refractivity contribution < 1.29 is 29.1 Å². The van der Waals surface area contributed by atoms with E-state index in [4.69, 9.17) is 0 Å². The van der Waals surface area contributed by atoms with Crippen molar-refractivity contribution in [2.75, 3.05) is 0 Å². The Morgan fingerprint density at radius 1 is 0.500 bits per heavy atom. The van der Waals surface area contributed by atoms with Crippen molar-refractivity contribution >= 4 is 29.4 Å². The highest BCUT2D eigenvalue weighted by Crippen LogP contribution is 2.15. The first-order chi connectivity index (χ1) is 21.2. The van der Waals surface area contributed by atoms with E-state index in [0.29, 0.717) is 6.42 Å². The Labute approximate surface area is 268 Å². The van der Waals surface area contributed by atoms with Crippen LogP contribution in [0.1, 0.15) is 188 Å². The second-order valence-electron chi connectivity index (χ2n) is 12.6. The minimum absolute atomic E-state index is 0.0178. The summed E-state index contributed by atoms with van der Waals surface area (Å²) < 4.78 is 0. The lowest BCUT2D eigenvalue weighted by atomic mass is 10.0. The van der Waals surface area contributed by atoms with Gasteiger partial charge in [0.05, 0.1) is 6.04 Å². The molecule has 8 nitrogen and oxygen atoms in total.